The van der Waals surface area contributed by atoms with Crippen LogP contribution in [0, 0.1) is 23.2 Å². The van der Waals surface area contributed by atoms with Crippen LogP contribution in [0.5, 0.6) is 5.75 Å². The predicted octanol–water partition coefficient (Wildman–Crippen LogP) is 6.03. The summed E-state index contributed by atoms with van der Waals surface area (Å²) in [4.78, 5) is 16.7. The Morgan fingerprint density at radius 1 is 1.11 bits per heavy atom. The maximum absolute atomic E-state index is 12.0. The number of carbonyl (C=O) groups is 1. The Labute approximate surface area is 223 Å². The highest BCUT2D eigenvalue weighted by molar-refractivity contribution is 5.81. The molecule has 0 aliphatic rings. The van der Waals surface area contributed by atoms with Crippen molar-refractivity contribution in [3.05, 3.63) is 83.3 Å². The van der Waals surface area contributed by atoms with Gasteiger partial charge >= 0.3 is 5.97 Å². The van der Waals surface area contributed by atoms with Crippen molar-refractivity contribution in [3.8, 4) is 34.8 Å². The molecule has 1 atom stereocenters. The number of nitrogens with zero attached hydrogens (tertiary/aromatic N) is 4. The first kappa shape index (κ1) is 26.4. The SMILES string of the molecule is CC#CC(CC(=O)OCC)c1ccc(OCc2cc(-c3ccccc3C#N)c3nc(C(C)C)nn3c2)cc1. The minimum absolute atomic E-state index is 0.164. The molecule has 2 aromatic heterocycles. The number of hydrogen-bond acceptors (Lipinski definition) is 6. The number of ether oxygens (including phenoxy) is 2. The molecule has 7 nitrogen and oxygen atoms in total. The van der Waals surface area contributed by atoms with E-state index in [1.165, 1.54) is 0 Å². The number of esters is 1. The van der Waals surface area contributed by atoms with E-state index in [4.69, 9.17) is 14.5 Å². The van der Waals surface area contributed by atoms with Crippen LogP contribution in [0.4, 0.5) is 0 Å². The second-order valence-electron chi connectivity index (χ2n) is 9.13. The molecule has 0 aliphatic heterocycles. The summed E-state index contributed by atoms with van der Waals surface area (Å²) in [5.41, 5.74) is 4.73. The monoisotopic (exact) mass is 506 g/mol. The van der Waals surface area contributed by atoms with Crippen LogP contribution in [0.1, 0.15) is 68.5 Å². The molecule has 192 valence electrons. The van der Waals surface area contributed by atoms with E-state index >= 15 is 0 Å². The Hall–Kier alpha value is -4.62. The molecule has 0 N–H and O–H groups in total. The zero-order valence-electron chi connectivity index (χ0n) is 22.1. The van der Waals surface area contributed by atoms with Crippen molar-refractivity contribution in [2.24, 2.45) is 0 Å². The van der Waals surface area contributed by atoms with Gasteiger partial charge in [-0.2, -0.15) is 10.4 Å². The number of benzene rings is 2. The fraction of sp³-hybridized carbons (Fsp3) is 0.290. The summed E-state index contributed by atoms with van der Waals surface area (Å²) in [6.45, 7) is 8.30. The van der Waals surface area contributed by atoms with Crippen LogP contribution in [-0.4, -0.2) is 27.2 Å². The third kappa shape index (κ3) is 6.02. The average molecular weight is 507 g/mol. The topological polar surface area (TPSA) is 89.5 Å². The van der Waals surface area contributed by atoms with E-state index in [0.717, 1.165) is 28.1 Å². The Morgan fingerprint density at radius 2 is 1.87 bits per heavy atom. The van der Waals surface area contributed by atoms with Crippen LogP contribution < -0.4 is 4.74 Å². The van der Waals surface area contributed by atoms with Gasteiger partial charge in [-0.05, 0) is 43.7 Å². The largest absolute Gasteiger partial charge is 0.489 e. The Balaban J connectivity index is 1.60. The molecule has 0 aliphatic carbocycles. The number of fused-ring (bicyclic) bond motifs is 1. The fourth-order valence-corrected chi connectivity index (χ4v) is 4.17. The van der Waals surface area contributed by atoms with Crippen LogP contribution in [0.15, 0.2) is 60.8 Å². The van der Waals surface area contributed by atoms with Gasteiger partial charge in [-0.15, -0.1) is 5.92 Å². The molecule has 4 rings (SSSR count). The van der Waals surface area contributed by atoms with Crippen LogP contribution >= 0.6 is 0 Å². The number of nitriles is 1. The fourth-order valence-electron chi connectivity index (χ4n) is 4.17. The lowest BCUT2D eigenvalue weighted by molar-refractivity contribution is -0.143. The van der Waals surface area contributed by atoms with Crippen molar-refractivity contribution in [3.63, 3.8) is 0 Å². The Kier molecular flexibility index (Phi) is 8.40. The summed E-state index contributed by atoms with van der Waals surface area (Å²) in [7, 11) is 0. The highest BCUT2D eigenvalue weighted by atomic mass is 16.5. The molecule has 0 saturated carbocycles. The van der Waals surface area contributed by atoms with E-state index in [2.05, 4.69) is 36.9 Å². The molecule has 2 aromatic carbocycles. The summed E-state index contributed by atoms with van der Waals surface area (Å²) in [6.07, 6.45) is 2.12. The van der Waals surface area contributed by atoms with Gasteiger partial charge in [-0.25, -0.2) is 9.50 Å². The number of rotatable bonds is 9. The molecule has 1 unspecified atom stereocenters. The van der Waals surface area contributed by atoms with Crippen LogP contribution in [0.3, 0.4) is 0 Å². The van der Waals surface area contributed by atoms with Crippen molar-refractivity contribution >= 4 is 11.6 Å². The molecular formula is C31H30N4O3. The van der Waals surface area contributed by atoms with Gasteiger partial charge in [0.1, 0.15) is 12.4 Å². The number of aromatic nitrogens is 3. The second-order valence-corrected chi connectivity index (χ2v) is 9.13. The summed E-state index contributed by atoms with van der Waals surface area (Å²) < 4.78 is 13.0. The van der Waals surface area contributed by atoms with Crippen LogP contribution in [0.2, 0.25) is 0 Å². The van der Waals surface area contributed by atoms with Crippen molar-refractivity contribution < 1.29 is 14.3 Å². The maximum atomic E-state index is 12.0. The zero-order chi connectivity index (χ0) is 27.1. The smallest absolute Gasteiger partial charge is 0.307 e. The molecule has 0 saturated heterocycles. The predicted molar refractivity (Wildman–Crippen MR) is 145 cm³/mol. The second kappa shape index (κ2) is 12.1. The van der Waals surface area contributed by atoms with E-state index in [1.54, 1.807) is 24.4 Å². The van der Waals surface area contributed by atoms with Crippen molar-refractivity contribution in [2.75, 3.05) is 6.61 Å². The summed E-state index contributed by atoms with van der Waals surface area (Å²) in [6, 6.07) is 19.4. The van der Waals surface area contributed by atoms with E-state index in [1.807, 2.05) is 54.7 Å². The van der Waals surface area contributed by atoms with Crippen molar-refractivity contribution in [1.29, 1.82) is 5.26 Å². The van der Waals surface area contributed by atoms with Crippen molar-refractivity contribution in [2.45, 2.75) is 52.6 Å². The van der Waals surface area contributed by atoms with Gasteiger partial charge in [0.15, 0.2) is 11.5 Å². The van der Waals surface area contributed by atoms with Gasteiger partial charge in [-0.3, -0.25) is 4.79 Å². The van der Waals surface area contributed by atoms with E-state index in [-0.39, 0.29) is 24.2 Å². The molecular weight excluding hydrogens is 476 g/mol. The van der Waals surface area contributed by atoms with Gasteiger partial charge < -0.3 is 9.47 Å². The standard InChI is InChI=1S/C31H30N4O3/c1-5-9-24(17-29(36)37-6-2)23-12-14-26(15-13-23)38-20-22-16-28(27-11-8-7-10-25(27)18-32)31-33-30(21(3)4)34-35(31)19-22/h7-8,10-16,19,21,24H,6,17,20H2,1-4H3. The zero-order valence-corrected chi connectivity index (χ0v) is 22.1. The third-order valence-corrected chi connectivity index (χ3v) is 6.04. The number of pyridine rings is 1. The van der Waals surface area contributed by atoms with E-state index in [0.29, 0.717) is 30.2 Å². The first-order chi connectivity index (χ1) is 18.4. The summed E-state index contributed by atoms with van der Waals surface area (Å²) in [5.74, 6) is 7.09. The lowest BCUT2D eigenvalue weighted by atomic mass is 9.96. The molecule has 0 amide bonds. The molecule has 7 heteroatoms. The first-order valence-electron chi connectivity index (χ1n) is 12.6. The molecule has 2 heterocycles. The number of carbonyl (C=O) groups excluding carboxylic acids is 1. The minimum Gasteiger partial charge on any atom is -0.489 e. The third-order valence-electron chi connectivity index (χ3n) is 6.04. The van der Waals surface area contributed by atoms with Crippen molar-refractivity contribution in [1.82, 2.24) is 14.6 Å². The quantitative estimate of drug-likeness (QED) is 0.203. The molecule has 0 radical (unpaired) electrons. The highest BCUT2D eigenvalue weighted by Gasteiger charge is 2.17. The van der Waals surface area contributed by atoms with Gasteiger partial charge in [0.25, 0.3) is 0 Å². The normalized spacial score (nSPS) is 11.5. The molecule has 0 spiro atoms. The first-order valence-corrected chi connectivity index (χ1v) is 12.6. The van der Waals surface area contributed by atoms with Gasteiger partial charge in [0.05, 0.1) is 30.6 Å². The Morgan fingerprint density at radius 3 is 2.55 bits per heavy atom. The summed E-state index contributed by atoms with van der Waals surface area (Å²) in [5, 5.41) is 14.4. The minimum atomic E-state index is -0.265. The van der Waals surface area contributed by atoms with Crippen LogP contribution in [0.25, 0.3) is 16.8 Å². The van der Waals surface area contributed by atoms with E-state index < -0.39 is 0 Å². The van der Waals surface area contributed by atoms with E-state index in [9.17, 15) is 10.1 Å². The average Bonchev–Trinajstić information content (AvgIpc) is 3.36. The summed E-state index contributed by atoms with van der Waals surface area (Å²) >= 11 is 0. The lowest BCUT2D eigenvalue weighted by Crippen LogP contribution is -2.09. The van der Waals surface area contributed by atoms with Gasteiger partial charge in [0.2, 0.25) is 0 Å². The molecule has 4 aromatic rings. The number of hydrogen-bond donors (Lipinski definition) is 0. The lowest BCUT2D eigenvalue weighted by Gasteiger charge is -2.13. The molecule has 0 fully saturated rings. The Bertz CT molecular complexity index is 1540. The molecule has 0 bridgehead atoms. The molecule has 38 heavy (non-hydrogen) atoms. The van der Waals surface area contributed by atoms with Gasteiger partial charge in [-0.1, -0.05) is 50.1 Å². The highest BCUT2D eigenvalue weighted by Crippen LogP contribution is 2.30. The maximum Gasteiger partial charge on any atom is 0.307 e. The van der Waals surface area contributed by atoms with Gasteiger partial charge in [0, 0.05) is 28.8 Å². The van der Waals surface area contributed by atoms with Crippen LogP contribution in [-0.2, 0) is 16.1 Å².